The van der Waals surface area contributed by atoms with Crippen LogP contribution in [0.4, 0.5) is 13.2 Å². The Morgan fingerprint density at radius 2 is 1.75 bits per heavy atom. The number of aliphatic hydroxyl groups excluding tert-OH is 2. The zero-order valence-corrected chi connectivity index (χ0v) is 5.84. The molecule has 0 aromatic carbocycles. The Labute approximate surface area is 65.6 Å². The quantitative estimate of drug-likeness (QED) is 0.583. The molecule has 0 aliphatic carbocycles. The van der Waals surface area contributed by atoms with Gasteiger partial charge in [0.1, 0.15) is 6.10 Å². The summed E-state index contributed by atoms with van der Waals surface area (Å²) in [5, 5.41) is 16.5. The Kier molecular flexibility index (Phi) is 3.98. The van der Waals surface area contributed by atoms with Gasteiger partial charge in [-0.15, -0.1) is 0 Å². The third kappa shape index (κ3) is 3.54. The Bertz CT molecular complexity index is 151. The average Bonchev–Trinajstić information content (AvgIpc) is 1.97. The van der Waals surface area contributed by atoms with Gasteiger partial charge in [0, 0.05) is 0 Å². The molecule has 0 aromatic heterocycles. The summed E-state index contributed by atoms with van der Waals surface area (Å²) in [5.74, 6) is -2.42. The highest BCUT2D eigenvalue weighted by molar-refractivity contribution is 5.75. The van der Waals surface area contributed by atoms with Crippen molar-refractivity contribution in [3.8, 4) is 0 Å². The highest BCUT2D eigenvalue weighted by atomic mass is 19.4. The lowest BCUT2D eigenvalue weighted by atomic mass is 10.4. The first-order valence-corrected chi connectivity index (χ1v) is 2.91. The van der Waals surface area contributed by atoms with Crippen LogP contribution < -0.4 is 0 Å². The van der Waals surface area contributed by atoms with Crippen molar-refractivity contribution in [1.29, 1.82) is 0 Å². The van der Waals surface area contributed by atoms with Gasteiger partial charge in [-0.05, 0) is 0 Å². The summed E-state index contributed by atoms with van der Waals surface area (Å²) in [6, 6.07) is 0. The van der Waals surface area contributed by atoms with Crippen LogP contribution in [0, 0.1) is 0 Å². The molecular formula is C5H7F3O4. The van der Waals surface area contributed by atoms with Crippen molar-refractivity contribution in [1.82, 2.24) is 0 Å². The molecule has 7 heteroatoms. The van der Waals surface area contributed by atoms with E-state index in [1.165, 1.54) is 0 Å². The third-order valence-corrected chi connectivity index (χ3v) is 0.912. The molecule has 0 bridgehead atoms. The number of aliphatic hydroxyl groups is 2. The highest BCUT2D eigenvalue weighted by Crippen LogP contribution is 2.17. The Morgan fingerprint density at radius 1 is 1.33 bits per heavy atom. The molecule has 0 aliphatic heterocycles. The van der Waals surface area contributed by atoms with Crippen LogP contribution in [0.3, 0.4) is 0 Å². The van der Waals surface area contributed by atoms with Crippen molar-refractivity contribution in [2.75, 3.05) is 13.2 Å². The number of rotatable bonds is 3. The van der Waals surface area contributed by atoms with Crippen molar-refractivity contribution in [2.45, 2.75) is 12.3 Å². The summed E-state index contributed by atoms with van der Waals surface area (Å²) in [6.07, 6.45) is -6.61. The molecule has 0 rings (SSSR count). The molecule has 0 fully saturated rings. The molecular weight excluding hydrogens is 181 g/mol. The van der Waals surface area contributed by atoms with E-state index in [4.69, 9.17) is 10.2 Å². The van der Waals surface area contributed by atoms with Gasteiger partial charge in [0.25, 0.3) is 0 Å². The maximum atomic E-state index is 11.4. The lowest BCUT2D eigenvalue weighted by molar-refractivity contribution is -0.207. The van der Waals surface area contributed by atoms with Gasteiger partial charge < -0.3 is 14.9 Å². The molecule has 0 aromatic rings. The predicted octanol–water partition coefficient (Wildman–Crippen LogP) is -0.555. The standard InChI is InChI=1S/C5H7F3O4/c6-5(7,8)4(11)12-3(1-9)2-10/h3,9-10H,1-2H2. The number of hydrogen-bond acceptors (Lipinski definition) is 4. The van der Waals surface area contributed by atoms with Crippen LogP contribution in [0.15, 0.2) is 0 Å². The normalized spacial score (nSPS) is 11.8. The fraction of sp³-hybridized carbons (Fsp3) is 0.800. The van der Waals surface area contributed by atoms with E-state index >= 15 is 0 Å². The van der Waals surface area contributed by atoms with Gasteiger partial charge in [-0.2, -0.15) is 13.2 Å². The summed E-state index contributed by atoms with van der Waals surface area (Å²) >= 11 is 0. The Balaban J connectivity index is 3.99. The predicted molar refractivity (Wildman–Crippen MR) is 30.1 cm³/mol. The third-order valence-electron chi connectivity index (χ3n) is 0.912. The fourth-order valence-electron chi connectivity index (χ4n) is 0.350. The largest absolute Gasteiger partial charge is 0.490 e. The maximum Gasteiger partial charge on any atom is 0.490 e. The minimum absolute atomic E-state index is 0.849. The van der Waals surface area contributed by atoms with E-state index in [-0.39, 0.29) is 0 Å². The number of carbonyl (C=O) groups is 1. The molecule has 12 heavy (non-hydrogen) atoms. The van der Waals surface area contributed by atoms with E-state index in [1.54, 1.807) is 0 Å². The second-order valence-corrected chi connectivity index (χ2v) is 1.89. The van der Waals surface area contributed by atoms with Gasteiger partial charge in [-0.3, -0.25) is 0 Å². The lowest BCUT2D eigenvalue weighted by Gasteiger charge is -2.13. The van der Waals surface area contributed by atoms with Crippen LogP contribution >= 0.6 is 0 Å². The summed E-state index contributed by atoms with van der Waals surface area (Å²) in [5.41, 5.74) is 0. The van der Waals surface area contributed by atoms with Gasteiger partial charge in [-0.1, -0.05) is 0 Å². The van der Waals surface area contributed by atoms with Gasteiger partial charge >= 0.3 is 12.1 Å². The van der Waals surface area contributed by atoms with Crippen molar-refractivity contribution < 1.29 is 32.9 Å². The second-order valence-electron chi connectivity index (χ2n) is 1.89. The van der Waals surface area contributed by atoms with Gasteiger partial charge in [0.15, 0.2) is 0 Å². The molecule has 0 heterocycles. The van der Waals surface area contributed by atoms with Crippen LogP contribution in [-0.2, 0) is 9.53 Å². The molecule has 0 amide bonds. The molecule has 0 atom stereocenters. The number of ether oxygens (including phenoxy) is 1. The number of alkyl halides is 3. The molecule has 0 radical (unpaired) electrons. The SMILES string of the molecule is O=C(OC(CO)CO)C(F)(F)F. The van der Waals surface area contributed by atoms with Crippen LogP contribution in [0.25, 0.3) is 0 Å². The molecule has 0 unspecified atom stereocenters. The molecule has 0 saturated heterocycles. The van der Waals surface area contributed by atoms with E-state index < -0.39 is 31.5 Å². The minimum atomic E-state index is -5.09. The van der Waals surface area contributed by atoms with Crippen LogP contribution in [0.1, 0.15) is 0 Å². The van der Waals surface area contributed by atoms with E-state index in [2.05, 4.69) is 4.74 Å². The summed E-state index contributed by atoms with van der Waals surface area (Å²) in [4.78, 5) is 10.0. The van der Waals surface area contributed by atoms with Crippen LogP contribution in [0.2, 0.25) is 0 Å². The molecule has 0 saturated carbocycles. The number of carbonyl (C=O) groups excluding carboxylic acids is 1. The molecule has 2 N–H and O–H groups in total. The number of esters is 1. The summed E-state index contributed by atoms with van der Waals surface area (Å²) < 4.78 is 38.0. The maximum absolute atomic E-state index is 11.4. The van der Waals surface area contributed by atoms with Gasteiger partial charge in [0.05, 0.1) is 13.2 Å². The van der Waals surface area contributed by atoms with E-state index in [0.717, 1.165) is 0 Å². The summed E-state index contributed by atoms with van der Waals surface area (Å²) in [6.45, 7) is -1.70. The highest BCUT2D eigenvalue weighted by Gasteiger charge is 2.42. The number of hydrogen-bond donors (Lipinski definition) is 2. The first-order chi connectivity index (χ1) is 5.41. The second kappa shape index (κ2) is 4.27. The zero-order chi connectivity index (χ0) is 9.78. The van der Waals surface area contributed by atoms with Gasteiger partial charge in [0.2, 0.25) is 0 Å². The van der Waals surface area contributed by atoms with Crippen molar-refractivity contribution in [2.24, 2.45) is 0 Å². The monoisotopic (exact) mass is 188 g/mol. The molecule has 4 nitrogen and oxygen atoms in total. The van der Waals surface area contributed by atoms with Crippen molar-refractivity contribution in [3.05, 3.63) is 0 Å². The fourth-order valence-corrected chi connectivity index (χ4v) is 0.350. The van der Waals surface area contributed by atoms with Gasteiger partial charge in [-0.25, -0.2) is 4.79 Å². The summed E-state index contributed by atoms with van der Waals surface area (Å²) in [7, 11) is 0. The van der Waals surface area contributed by atoms with Crippen LogP contribution in [-0.4, -0.2) is 41.7 Å². The Hall–Kier alpha value is -0.820. The van der Waals surface area contributed by atoms with E-state index in [0.29, 0.717) is 0 Å². The average molecular weight is 188 g/mol. The first kappa shape index (κ1) is 11.2. The molecule has 0 aliphatic rings. The lowest BCUT2D eigenvalue weighted by Crippen LogP contribution is -2.33. The minimum Gasteiger partial charge on any atom is -0.451 e. The van der Waals surface area contributed by atoms with Crippen LogP contribution in [0.5, 0.6) is 0 Å². The number of halogens is 3. The van der Waals surface area contributed by atoms with Crippen molar-refractivity contribution >= 4 is 5.97 Å². The molecule has 72 valence electrons. The first-order valence-electron chi connectivity index (χ1n) is 2.91. The van der Waals surface area contributed by atoms with Crippen molar-refractivity contribution in [3.63, 3.8) is 0 Å². The van der Waals surface area contributed by atoms with E-state index in [1.807, 2.05) is 0 Å². The van der Waals surface area contributed by atoms with E-state index in [9.17, 15) is 18.0 Å². The Morgan fingerprint density at radius 3 is 2.00 bits per heavy atom. The zero-order valence-electron chi connectivity index (χ0n) is 5.84. The smallest absolute Gasteiger partial charge is 0.451 e. The molecule has 0 spiro atoms. The topological polar surface area (TPSA) is 66.8 Å².